The van der Waals surface area contributed by atoms with E-state index < -0.39 is 11.6 Å². The SMILES string of the molecule is CCCCCCC1CCc2cc(C3CCC4CC(OCC)CCC4C3)c(F)c(F)c2C1. The maximum Gasteiger partial charge on any atom is 0.162 e. The number of unbranched alkanes of at least 4 members (excludes halogenated alkanes) is 3. The molecule has 0 aliphatic heterocycles. The largest absolute Gasteiger partial charge is 0.378 e. The predicted octanol–water partition coefficient (Wildman–Crippen LogP) is 8.13. The van der Waals surface area contributed by atoms with E-state index in [9.17, 15) is 0 Å². The molecule has 174 valence electrons. The molecule has 3 aliphatic rings. The predicted molar refractivity (Wildman–Crippen MR) is 123 cm³/mol. The highest BCUT2D eigenvalue weighted by Crippen LogP contribution is 2.48. The summed E-state index contributed by atoms with van der Waals surface area (Å²) in [4.78, 5) is 0. The number of benzene rings is 1. The first-order valence-corrected chi connectivity index (χ1v) is 13.2. The van der Waals surface area contributed by atoms with E-state index in [0.29, 0.717) is 35.0 Å². The summed E-state index contributed by atoms with van der Waals surface area (Å²) in [6.45, 7) is 5.10. The van der Waals surface area contributed by atoms with Crippen molar-refractivity contribution in [3.8, 4) is 0 Å². The normalized spacial score (nSPS) is 30.6. The number of ether oxygens (including phenoxy) is 1. The molecule has 0 N–H and O–H groups in total. The molecule has 0 aromatic heterocycles. The first-order valence-electron chi connectivity index (χ1n) is 13.2. The highest BCUT2D eigenvalue weighted by atomic mass is 19.2. The van der Waals surface area contributed by atoms with Gasteiger partial charge in [-0.2, -0.15) is 0 Å². The Morgan fingerprint density at radius 3 is 2.52 bits per heavy atom. The Hall–Kier alpha value is -0.960. The van der Waals surface area contributed by atoms with Crippen LogP contribution in [0, 0.1) is 29.4 Å². The van der Waals surface area contributed by atoms with E-state index in [4.69, 9.17) is 4.74 Å². The molecule has 3 heteroatoms. The van der Waals surface area contributed by atoms with Crippen molar-refractivity contribution in [2.24, 2.45) is 17.8 Å². The van der Waals surface area contributed by atoms with Gasteiger partial charge in [0.25, 0.3) is 0 Å². The van der Waals surface area contributed by atoms with Gasteiger partial charge in [-0.05, 0) is 105 Å². The first-order chi connectivity index (χ1) is 15.1. The van der Waals surface area contributed by atoms with Crippen molar-refractivity contribution in [3.05, 3.63) is 34.4 Å². The number of hydrogen-bond donors (Lipinski definition) is 0. The average molecular weight is 433 g/mol. The van der Waals surface area contributed by atoms with E-state index in [2.05, 4.69) is 19.9 Å². The van der Waals surface area contributed by atoms with Gasteiger partial charge in [0.1, 0.15) is 0 Å². The van der Waals surface area contributed by atoms with E-state index in [1.165, 1.54) is 32.1 Å². The molecule has 0 heterocycles. The minimum absolute atomic E-state index is 0.191. The Bertz CT molecular complexity index is 730. The average Bonchev–Trinajstić information content (AvgIpc) is 2.79. The molecule has 1 nitrogen and oxygen atoms in total. The lowest BCUT2D eigenvalue weighted by atomic mass is 9.65. The molecule has 0 bridgehead atoms. The fourth-order valence-electron chi connectivity index (χ4n) is 6.85. The summed E-state index contributed by atoms with van der Waals surface area (Å²) < 4.78 is 36.3. The van der Waals surface area contributed by atoms with Gasteiger partial charge in [-0.1, -0.05) is 45.1 Å². The number of rotatable bonds is 8. The summed E-state index contributed by atoms with van der Waals surface area (Å²) >= 11 is 0. The van der Waals surface area contributed by atoms with Gasteiger partial charge in [0.05, 0.1) is 6.10 Å². The summed E-state index contributed by atoms with van der Waals surface area (Å²) in [7, 11) is 0. The van der Waals surface area contributed by atoms with Crippen LogP contribution in [0.3, 0.4) is 0 Å². The van der Waals surface area contributed by atoms with Crippen LogP contribution in [0.4, 0.5) is 8.78 Å². The molecule has 5 atom stereocenters. The molecule has 2 fully saturated rings. The zero-order valence-corrected chi connectivity index (χ0v) is 19.7. The van der Waals surface area contributed by atoms with E-state index in [1.54, 1.807) is 0 Å². The van der Waals surface area contributed by atoms with E-state index >= 15 is 8.78 Å². The third kappa shape index (κ3) is 5.34. The van der Waals surface area contributed by atoms with Crippen LogP contribution in [-0.4, -0.2) is 12.7 Å². The summed E-state index contributed by atoms with van der Waals surface area (Å²) in [5.74, 6) is 1.03. The molecule has 0 amide bonds. The number of fused-ring (bicyclic) bond motifs is 2. The Labute approximate surface area is 188 Å². The van der Waals surface area contributed by atoms with Crippen LogP contribution < -0.4 is 0 Å². The number of hydrogen-bond acceptors (Lipinski definition) is 1. The van der Waals surface area contributed by atoms with Crippen molar-refractivity contribution in [3.63, 3.8) is 0 Å². The molecule has 3 aliphatic carbocycles. The highest BCUT2D eigenvalue weighted by Gasteiger charge is 2.38. The van der Waals surface area contributed by atoms with E-state index in [1.807, 2.05) is 0 Å². The zero-order chi connectivity index (χ0) is 21.8. The second-order valence-corrected chi connectivity index (χ2v) is 10.6. The zero-order valence-electron chi connectivity index (χ0n) is 19.7. The summed E-state index contributed by atoms with van der Waals surface area (Å²) in [5.41, 5.74) is 2.47. The smallest absolute Gasteiger partial charge is 0.162 e. The van der Waals surface area contributed by atoms with E-state index in [-0.39, 0.29) is 5.92 Å². The van der Waals surface area contributed by atoms with Gasteiger partial charge in [-0.25, -0.2) is 8.78 Å². The standard InChI is InChI=1S/C28H42F2O/c1-3-5-6-7-8-19-9-10-23-18-26(28(30)27(29)25(23)15-19)22-12-11-21-17-24(31-4-2)14-13-20(21)16-22/h18-22,24H,3-17H2,1-2H3. The minimum Gasteiger partial charge on any atom is -0.378 e. The number of aryl methyl sites for hydroxylation is 1. The fraction of sp³-hybridized carbons (Fsp3) is 0.786. The number of halogens is 2. The van der Waals surface area contributed by atoms with Crippen molar-refractivity contribution < 1.29 is 13.5 Å². The quantitative estimate of drug-likeness (QED) is 0.377. The lowest BCUT2D eigenvalue weighted by Gasteiger charge is -2.42. The van der Waals surface area contributed by atoms with Crippen molar-refractivity contribution in [2.75, 3.05) is 6.61 Å². The molecule has 1 aromatic rings. The summed E-state index contributed by atoms with van der Waals surface area (Å²) in [6, 6.07) is 2.07. The van der Waals surface area contributed by atoms with Crippen LogP contribution >= 0.6 is 0 Å². The molecule has 0 saturated heterocycles. The van der Waals surface area contributed by atoms with Gasteiger partial charge in [0, 0.05) is 6.61 Å². The second kappa shape index (κ2) is 10.8. The Morgan fingerprint density at radius 2 is 1.71 bits per heavy atom. The molecular weight excluding hydrogens is 390 g/mol. The topological polar surface area (TPSA) is 9.23 Å². The van der Waals surface area contributed by atoms with Gasteiger partial charge in [-0.3, -0.25) is 0 Å². The van der Waals surface area contributed by atoms with Gasteiger partial charge in [0.15, 0.2) is 11.6 Å². The van der Waals surface area contributed by atoms with Crippen molar-refractivity contribution in [2.45, 2.75) is 116 Å². The van der Waals surface area contributed by atoms with Crippen LogP contribution in [0.25, 0.3) is 0 Å². The van der Waals surface area contributed by atoms with Gasteiger partial charge < -0.3 is 4.74 Å². The van der Waals surface area contributed by atoms with Crippen LogP contribution in [-0.2, 0) is 17.6 Å². The molecule has 4 rings (SSSR count). The van der Waals surface area contributed by atoms with Crippen molar-refractivity contribution >= 4 is 0 Å². The molecule has 0 spiro atoms. The lowest BCUT2D eigenvalue weighted by molar-refractivity contribution is -0.00971. The lowest BCUT2D eigenvalue weighted by Crippen LogP contribution is -2.34. The van der Waals surface area contributed by atoms with Gasteiger partial charge in [-0.15, -0.1) is 0 Å². The van der Waals surface area contributed by atoms with Crippen LogP contribution in [0.15, 0.2) is 6.07 Å². The third-order valence-corrected chi connectivity index (χ3v) is 8.62. The van der Waals surface area contributed by atoms with E-state index in [0.717, 1.165) is 70.0 Å². The molecular formula is C28H42F2O. The Morgan fingerprint density at radius 1 is 0.903 bits per heavy atom. The molecule has 5 unspecified atom stereocenters. The fourth-order valence-corrected chi connectivity index (χ4v) is 6.85. The van der Waals surface area contributed by atoms with Gasteiger partial charge >= 0.3 is 0 Å². The Kier molecular flexibility index (Phi) is 8.06. The Balaban J connectivity index is 1.41. The van der Waals surface area contributed by atoms with Crippen LogP contribution in [0.1, 0.15) is 114 Å². The second-order valence-electron chi connectivity index (χ2n) is 10.6. The summed E-state index contributed by atoms with van der Waals surface area (Å²) in [5, 5.41) is 0. The molecule has 1 aromatic carbocycles. The summed E-state index contributed by atoms with van der Waals surface area (Å²) in [6.07, 6.45) is 16.0. The molecule has 2 saturated carbocycles. The minimum atomic E-state index is -0.531. The van der Waals surface area contributed by atoms with Crippen molar-refractivity contribution in [1.29, 1.82) is 0 Å². The van der Waals surface area contributed by atoms with Crippen LogP contribution in [0.2, 0.25) is 0 Å². The maximum absolute atomic E-state index is 15.2. The first kappa shape index (κ1) is 23.2. The third-order valence-electron chi connectivity index (χ3n) is 8.62. The molecule has 31 heavy (non-hydrogen) atoms. The van der Waals surface area contributed by atoms with Crippen molar-refractivity contribution in [1.82, 2.24) is 0 Å². The van der Waals surface area contributed by atoms with Crippen LogP contribution in [0.5, 0.6) is 0 Å². The monoisotopic (exact) mass is 432 g/mol. The molecule has 0 radical (unpaired) electrons. The maximum atomic E-state index is 15.2. The highest BCUT2D eigenvalue weighted by molar-refractivity contribution is 5.38. The van der Waals surface area contributed by atoms with Gasteiger partial charge in [0.2, 0.25) is 0 Å².